The second kappa shape index (κ2) is 4.13. The average Bonchev–Trinajstić information content (AvgIpc) is 3.03. The third kappa shape index (κ3) is 2.59. The fourth-order valence-corrected chi connectivity index (χ4v) is 2.34. The van der Waals surface area contributed by atoms with E-state index in [2.05, 4.69) is 5.32 Å². The highest BCUT2D eigenvalue weighted by Crippen LogP contribution is 2.41. The Kier molecular flexibility index (Phi) is 3.03. The van der Waals surface area contributed by atoms with E-state index >= 15 is 0 Å². The van der Waals surface area contributed by atoms with Gasteiger partial charge in [0.2, 0.25) is 11.8 Å². The van der Waals surface area contributed by atoms with Crippen LogP contribution in [0.3, 0.4) is 0 Å². The Labute approximate surface area is 103 Å². The van der Waals surface area contributed by atoms with Gasteiger partial charge in [0, 0.05) is 6.54 Å². The SMILES string of the molecule is CC1(C2CC2)NC(=O)CN(CCC(F)(F)F)C1=O. The van der Waals surface area contributed by atoms with Crippen molar-refractivity contribution in [2.24, 2.45) is 5.92 Å². The van der Waals surface area contributed by atoms with E-state index in [-0.39, 0.29) is 18.4 Å². The molecule has 1 atom stereocenters. The largest absolute Gasteiger partial charge is 0.390 e. The van der Waals surface area contributed by atoms with Gasteiger partial charge in [0.1, 0.15) is 5.54 Å². The molecule has 0 aromatic heterocycles. The maximum absolute atomic E-state index is 12.2. The van der Waals surface area contributed by atoms with Crippen molar-refractivity contribution in [2.75, 3.05) is 13.1 Å². The molecule has 1 N–H and O–H groups in total. The second-order valence-corrected chi connectivity index (χ2v) is 5.12. The third-order valence-electron chi connectivity index (χ3n) is 3.52. The highest BCUT2D eigenvalue weighted by Gasteiger charge is 2.52. The number of carbonyl (C=O) groups is 2. The molecule has 1 saturated heterocycles. The fourth-order valence-electron chi connectivity index (χ4n) is 2.34. The van der Waals surface area contributed by atoms with Gasteiger partial charge in [-0.05, 0) is 25.7 Å². The standard InChI is InChI=1S/C11H15F3N2O2/c1-10(7-2-3-7)9(18)16(6-8(17)15-10)5-4-11(12,13)14/h7H,2-6H2,1H3,(H,15,17). The Morgan fingerprint density at radius 1 is 1.39 bits per heavy atom. The Morgan fingerprint density at radius 3 is 2.50 bits per heavy atom. The highest BCUT2D eigenvalue weighted by molar-refractivity contribution is 5.98. The van der Waals surface area contributed by atoms with Crippen molar-refractivity contribution >= 4 is 11.8 Å². The lowest BCUT2D eigenvalue weighted by molar-refractivity contribution is -0.157. The van der Waals surface area contributed by atoms with Crippen molar-refractivity contribution in [2.45, 2.75) is 37.9 Å². The van der Waals surface area contributed by atoms with Crippen LogP contribution < -0.4 is 5.32 Å². The Morgan fingerprint density at radius 2 is 2.00 bits per heavy atom. The third-order valence-corrected chi connectivity index (χ3v) is 3.52. The number of rotatable bonds is 3. The molecule has 1 heterocycles. The molecular weight excluding hydrogens is 249 g/mol. The highest BCUT2D eigenvalue weighted by atomic mass is 19.4. The van der Waals surface area contributed by atoms with Crippen LogP contribution in [0.25, 0.3) is 0 Å². The van der Waals surface area contributed by atoms with Crippen molar-refractivity contribution in [1.29, 1.82) is 0 Å². The first-order valence-corrected chi connectivity index (χ1v) is 5.89. The van der Waals surface area contributed by atoms with E-state index in [1.807, 2.05) is 0 Å². The molecule has 4 nitrogen and oxygen atoms in total. The normalized spacial score (nSPS) is 29.4. The van der Waals surface area contributed by atoms with E-state index in [1.165, 1.54) is 0 Å². The summed E-state index contributed by atoms with van der Waals surface area (Å²) in [5.41, 5.74) is -1.01. The van der Waals surface area contributed by atoms with E-state index < -0.39 is 30.6 Å². The number of nitrogens with one attached hydrogen (secondary N) is 1. The van der Waals surface area contributed by atoms with Crippen LogP contribution in [0.5, 0.6) is 0 Å². The van der Waals surface area contributed by atoms with Gasteiger partial charge in [0.05, 0.1) is 13.0 Å². The summed E-state index contributed by atoms with van der Waals surface area (Å²) in [5, 5.41) is 2.62. The topological polar surface area (TPSA) is 49.4 Å². The number of nitrogens with zero attached hydrogens (tertiary/aromatic N) is 1. The van der Waals surface area contributed by atoms with Crippen LogP contribution in [-0.4, -0.2) is 41.5 Å². The molecule has 0 spiro atoms. The molecule has 1 aliphatic heterocycles. The zero-order valence-electron chi connectivity index (χ0n) is 10.0. The first-order chi connectivity index (χ1) is 8.22. The summed E-state index contributed by atoms with van der Waals surface area (Å²) >= 11 is 0. The van der Waals surface area contributed by atoms with Crippen molar-refractivity contribution in [3.05, 3.63) is 0 Å². The molecule has 0 aromatic rings. The van der Waals surface area contributed by atoms with E-state index in [0.717, 1.165) is 17.7 Å². The minimum atomic E-state index is -4.32. The maximum atomic E-state index is 12.2. The van der Waals surface area contributed by atoms with Crippen molar-refractivity contribution in [1.82, 2.24) is 10.2 Å². The smallest absolute Gasteiger partial charge is 0.340 e. The lowest BCUT2D eigenvalue weighted by Gasteiger charge is -2.40. The predicted octanol–water partition coefficient (Wildman–Crippen LogP) is 1.07. The van der Waals surface area contributed by atoms with Crippen molar-refractivity contribution < 1.29 is 22.8 Å². The number of piperazine rings is 1. The maximum Gasteiger partial charge on any atom is 0.390 e. The number of alkyl halides is 3. The fraction of sp³-hybridized carbons (Fsp3) is 0.818. The predicted molar refractivity (Wildman–Crippen MR) is 56.5 cm³/mol. The number of carbonyl (C=O) groups excluding carboxylic acids is 2. The van der Waals surface area contributed by atoms with Gasteiger partial charge in [-0.25, -0.2) is 0 Å². The van der Waals surface area contributed by atoms with Crippen LogP contribution in [0.2, 0.25) is 0 Å². The van der Waals surface area contributed by atoms with Crippen LogP contribution >= 0.6 is 0 Å². The summed E-state index contributed by atoms with van der Waals surface area (Å²) in [5.74, 6) is -0.720. The van der Waals surface area contributed by atoms with E-state index in [9.17, 15) is 22.8 Å². The van der Waals surface area contributed by atoms with E-state index in [1.54, 1.807) is 6.92 Å². The van der Waals surface area contributed by atoms with Crippen LogP contribution in [0.1, 0.15) is 26.2 Å². The molecule has 1 aliphatic carbocycles. The minimum absolute atomic E-state index is 0.0580. The molecule has 0 aromatic carbocycles. The number of hydrogen-bond acceptors (Lipinski definition) is 2. The molecule has 2 rings (SSSR count). The molecule has 2 aliphatic rings. The first-order valence-electron chi connectivity index (χ1n) is 5.89. The lowest BCUT2D eigenvalue weighted by atomic mass is 9.91. The van der Waals surface area contributed by atoms with Gasteiger partial charge in [0.25, 0.3) is 0 Å². The van der Waals surface area contributed by atoms with Crippen LogP contribution in [-0.2, 0) is 9.59 Å². The Hall–Kier alpha value is -1.27. The number of hydrogen-bond donors (Lipinski definition) is 1. The summed E-state index contributed by atoms with van der Waals surface area (Å²) in [4.78, 5) is 24.7. The summed E-state index contributed by atoms with van der Waals surface area (Å²) in [7, 11) is 0. The average molecular weight is 264 g/mol. The molecule has 18 heavy (non-hydrogen) atoms. The molecule has 2 amide bonds. The van der Waals surface area contributed by atoms with Gasteiger partial charge >= 0.3 is 6.18 Å². The zero-order valence-corrected chi connectivity index (χ0v) is 10.0. The zero-order chi connectivity index (χ0) is 13.6. The lowest BCUT2D eigenvalue weighted by Crippen LogP contribution is -2.66. The van der Waals surface area contributed by atoms with E-state index in [0.29, 0.717) is 0 Å². The summed E-state index contributed by atoms with van der Waals surface area (Å²) in [6.07, 6.45) is -3.73. The van der Waals surface area contributed by atoms with Gasteiger partial charge in [-0.1, -0.05) is 0 Å². The molecule has 102 valence electrons. The molecule has 2 fully saturated rings. The number of halogens is 3. The second-order valence-electron chi connectivity index (χ2n) is 5.12. The molecular formula is C11H15F3N2O2. The quantitative estimate of drug-likeness (QED) is 0.828. The molecule has 1 unspecified atom stereocenters. The van der Waals surface area contributed by atoms with Gasteiger partial charge in [0.15, 0.2) is 0 Å². The Balaban J connectivity index is 2.06. The molecule has 0 radical (unpaired) electrons. The monoisotopic (exact) mass is 264 g/mol. The summed E-state index contributed by atoms with van der Waals surface area (Å²) in [6.45, 7) is 0.875. The van der Waals surface area contributed by atoms with E-state index in [4.69, 9.17) is 0 Å². The first kappa shape index (κ1) is 13.2. The number of amides is 2. The van der Waals surface area contributed by atoms with Gasteiger partial charge in [-0.15, -0.1) is 0 Å². The van der Waals surface area contributed by atoms with Gasteiger partial charge < -0.3 is 10.2 Å². The van der Waals surface area contributed by atoms with Crippen molar-refractivity contribution in [3.63, 3.8) is 0 Å². The van der Waals surface area contributed by atoms with Crippen molar-refractivity contribution in [3.8, 4) is 0 Å². The molecule has 7 heteroatoms. The minimum Gasteiger partial charge on any atom is -0.340 e. The van der Waals surface area contributed by atoms with Crippen LogP contribution in [0.15, 0.2) is 0 Å². The van der Waals surface area contributed by atoms with Crippen LogP contribution in [0, 0.1) is 5.92 Å². The van der Waals surface area contributed by atoms with Gasteiger partial charge in [-0.3, -0.25) is 9.59 Å². The van der Waals surface area contributed by atoms with Crippen LogP contribution in [0.4, 0.5) is 13.2 Å². The summed E-state index contributed by atoms with van der Waals surface area (Å²) < 4.78 is 36.5. The summed E-state index contributed by atoms with van der Waals surface area (Å²) in [6, 6.07) is 0. The molecule has 0 bridgehead atoms. The molecule has 1 saturated carbocycles. The Bertz CT molecular complexity index is 379. The van der Waals surface area contributed by atoms with Gasteiger partial charge in [-0.2, -0.15) is 13.2 Å².